The quantitative estimate of drug-likeness (QED) is 0.618. The zero-order valence-electron chi connectivity index (χ0n) is 14.2. The molecule has 0 aliphatic carbocycles. The van der Waals surface area contributed by atoms with Gasteiger partial charge >= 0.3 is 0 Å². The van der Waals surface area contributed by atoms with Crippen molar-refractivity contribution >= 4 is 17.6 Å². The van der Waals surface area contributed by atoms with Crippen LogP contribution in [0.15, 0.2) is 24.4 Å². The molecule has 8 nitrogen and oxygen atoms in total. The van der Waals surface area contributed by atoms with Crippen LogP contribution in [0, 0.1) is 6.92 Å². The lowest BCUT2D eigenvalue weighted by atomic mass is 10.0. The molecule has 1 amide bonds. The number of aryl methyl sites for hydroxylation is 1. The predicted molar refractivity (Wildman–Crippen MR) is 92.5 cm³/mol. The average Bonchev–Trinajstić information content (AvgIpc) is 3.19. The van der Waals surface area contributed by atoms with Gasteiger partial charge in [-0.25, -0.2) is 0 Å². The number of amides is 1. The second-order valence-corrected chi connectivity index (χ2v) is 5.57. The van der Waals surface area contributed by atoms with Crippen molar-refractivity contribution in [2.45, 2.75) is 27.2 Å². The summed E-state index contributed by atoms with van der Waals surface area (Å²) >= 11 is 0. The van der Waals surface area contributed by atoms with Gasteiger partial charge in [0.25, 0.3) is 5.91 Å². The monoisotopic (exact) mass is 338 g/mol. The molecule has 3 heterocycles. The molecule has 0 aromatic carbocycles. The zero-order chi connectivity index (χ0) is 18.0. The molecule has 0 fully saturated rings. The summed E-state index contributed by atoms with van der Waals surface area (Å²) in [5.41, 5.74) is 2.92. The van der Waals surface area contributed by atoms with Crippen LogP contribution >= 0.6 is 0 Å². The van der Waals surface area contributed by atoms with E-state index in [-0.39, 0.29) is 17.6 Å². The molecule has 0 saturated carbocycles. The number of Topliss-reactive ketones (excluding diaryl/α,β-unsaturated/α-hetero) is 1. The van der Waals surface area contributed by atoms with Crippen molar-refractivity contribution in [3.63, 3.8) is 0 Å². The Hall–Kier alpha value is -3.29. The Kier molecular flexibility index (Phi) is 4.42. The van der Waals surface area contributed by atoms with Crippen molar-refractivity contribution in [2.24, 2.45) is 0 Å². The number of nitrogens with one attached hydrogen (secondary N) is 3. The van der Waals surface area contributed by atoms with Crippen LogP contribution in [0.1, 0.15) is 46.0 Å². The van der Waals surface area contributed by atoms with Gasteiger partial charge in [-0.05, 0) is 38.0 Å². The van der Waals surface area contributed by atoms with Crippen molar-refractivity contribution in [1.82, 2.24) is 25.1 Å². The van der Waals surface area contributed by atoms with E-state index in [1.165, 1.54) is 6.92 Å². The largest absolute Gasteiger partial charge is 0.354 e. The summed E-state index contributed by atoms with van der Waals surface area (Å²) in [6.45, 7) is 5.17. The second-order valence-electron chi connectivity index (χ2n) is 5.57. The van der Waals surface area contributed by atoms with E-state index in [9.17, 15) is 9.59 Å². The molecule has 0 radical (unpaired) electrons. The van der Waals surface area contributed by atoms with Crippen LogP contribution in [0.5, 0.6) is 0 Å². The maximum Gasteiger partial charge on any atom is 0.274 e. The van der Waals surface area contributed by atoms with E-state index in [1.54, 1.807) is 25.3 Å². The van der Waals surface area contributed by atoms with E-state index >= 15 is 0 Å². The topological polar surface area (TPSA) is 116 Å². The van der Waals surface area contributed by atoms with Gasteiger partial charge in [-0.2, -0.15) is 4.98 Å². The van der Waals surface area contributed by atoms with Crippen LogP contribution in [0.4, 0.5) is 5.95 Å². The van der Waals surface area contributed by atoms with Gasteiger partial charge < -0.3 is 4.98 Å². The van der Waals surface area contributed by atoms with E-state index in [4.69, 9.17) is 0 Å². The number of H-pyrrole nitrogens is 2. The van der Waals surface area contributed by atoms with Gasteiger partial charge in [0.05, 0.1) is 0 Å². The first-order valence-electron chi connectivity index (χ1n) is 7.88. The maximum absolute atomic E-state index is 12.6. The van der Waals surface area contributed by atoms with Crippen molar-refractivity contribution in [2.75, 3.05) is 5.32 Å². The van der Waals surface area contributed by atoms with Crippen LogP contribution < -0.4 is 5.32 Å². The van der Waals surface area contributed by atoms with Gasteiger partial charge in [-0.3, -0.25) is 25.0 Å². The summed E-state index contributed by atoms with van der Waals surface area (Å²) in [6, 6.07) is 5.42. The predicted octanol–water partition coefficient (Wildman–Crippen LogP) is 2.52. The van der Waals surface area contributed by atoms with Crippen LogP contribution in [-0.2, 0) is 6.42 Å². The molecule has 0 aliphatic rings. The summed E-state index contributed by atoms with van der Waals surface area (Å²) < 4.78 is 0. The lowest BCUT2D eigenvalue weighted by molar-refractivity contribution is 0.101. The van der Waals surface area contributed by atoms with E-state index in [2.05, 4.69) is 30.5 Å². The molecule has 3 aromatic heterocycles. The van der Waals surface area contributed by atoms with Crippen LogP contribution in [0.3, 0.4) is 0 Å². The normalized spacial score (nSPS) is 10.7. The van der Waals surface area contributed by atoms with Crippen LogP contribution in [-0.4, -0.2) is 36.8 Å². The van der Waals surface area contributed by atoms with E-state index in [0.717, 1.165) is 0 Å². The van der Waals surface area contributed by atoms with Crippen molar-refractivity contribution in [1.29, 1.82) is 0 Å². The van der Waals surface area contributed by atoms with Gasteiger partial charge in [0.15, 0.2) is 11.6 Å². The highest BCUT2D eigenvalue weighted by atomic mass is 16.2. The summed E-state index contributed by atoms with van der Waals surface area (Å²) in [5, 5.41) is 9.37. The Morgan fingerprint density at radius 3 is 2.72 bits per heavy atom. The van der Waals surface area contributed by atoms with Crippen molar-refractivity contribution < 1.29 is 9.59 Å². The van der Waals surface area contributed by atoms with Gasteiger partial charge in [0.1, 0.15) is 11.4 Å². The minimum absolute atomic E-state index is 0.0695. The van der Waals surface area contributed by atoms with Gasteiger partial charge in [0.2, 0.25) is 5.95 Å². The maximum atomic E-state index is 12.6. The highest BCUT2D eigenvalue weighted by Crippen LogP contribution is 2.21. The molecule has 3 aromatic rings. The highest BCUT2D eigenvalue weighted by Gasteiger charge is 2.22. The number of pyridine rings is 1. The lowest BCUT2D eigenvalue weighted by Gasteiger charge is -2.03. The lowest BCUT2D eigenvalue weighted by Crippen LogP contribution is -2.15. The Bertz CT molecular complexity index is 926. The summed E-state index contributed by atoms with van der Waals surface area (Å²) in [5.74, 6) is 0.141. The number of carbonyl (C=O) groups is 2. The Labute approximate surface area is 144 Å². The third-order valence-electron chi connectivity index (χ3n) is 3.84. The third-order valence-corrected chi connectivity index (χ3v) is 3.84. The third kappa shape index (κ3) is 3.18. The molecule has 25 heavy (non-hydrogen) atoms. The number of carbonyl (C=O) groups excluding carboxylic acids is 2. The Morgan fingerprint density at radius 1 is 1.28 bits per heavy atom. The first kappa shape index (κ1) is 16.6. The van der Waals surface area contributed by atoms with Gasteiger partial charge in [-0.15, -0.1) is 5.10 Å². The highest BCUT2D eigenvalue weighted by molar-refractivity contribution is 6.07. The molecule has 128 valence electrons. The number of ketones is 1. The number of hydrogen-bond donors (Lipinski definition) is 3. The number of anilines is 1. The minimum Gasteiger partial charge on any atom is -0.354 e. The van der Waals surface area contributed by atoms with E-state index < -0.39 is 0 Å². The molecular formula is C17H18N6O2. The molecule has 0 saturated heterocycles. The first-order valence-corrected chi connectivity index (χ1v) is 7.88. The summed E-state index contributed by atoms with van der Waals surface area (Å²) in [4.78, 5) is 35.8. The SMILES string of the molecule is CCc1c(C(=O)Nc2n[nH]c(-c3ccccn3)n2)[nH]c(C)c1C(C)=O. The second kappa shape index (κ2) is 6.68. The van der Waals surface area contributed by atoms with Crippen molar-refractivity contribution in [3.05, 3.63) is 46.9 Å². The van der Waals surface area contributed by atoms with Crippen molar-refractivity contribution in [3.8, 4) is 11.5 Å². The Morgan fingerprint density at radius 2 is 2.08 bits per heavy atom. The van der Waals surface area contributed by atoms with E-state index in [1.807, 2.05) is 13.0 Å². The van der Waals surface area contributed by atoms with Gasteiger partial charge in [0, 0.05) is 17.5 Å². The van der Waals surface area contributed by atoms with E-state index in [0.29, 0.717) is 40.5 Å². The fourth-order valence-corrected chi connectivity index (χ4v) is 2.80. The zero-order valence-corrected chi connectivity index (χ0v) is 14.2. The van der Waals surface area contributed by atoms with Gasteiger partial charge in [-0.1, -0.05) is 13.0 Å². The molecule has 0 atom stereocenters. The number of aromatic nitrogens is 5. The number of hydrogen-bond acceptors (Lipinski definition) is 5. The Balaban J connectivity index is 1.85. The molecule has 0 aliphatic heterocycles. The fraction of sp³-hybridized carbons (Fsp3) is 0.235. The molecular weight excluding hydrogens is 320 g/mol. The molecule has 0 spiro atoms. The van der Waals surface area contributed by atoms with Crippen LogP contribution in [0.2, 0.25) is 0 Å². The smallest absolute Gasteiger partial charge is 0.274 e. The molecule has 0 unspecified atom stereocenters. The fourth-order valence-electron chi connectivity index (χ4n) is 2.80. The standard InChI is InChI=1S/C17H18N6O2/c1-4-11-13(10(3)24)9(2)19-14(11)16(25)21-17-20-15(22-23-17)12-7-5-6-8-18-12/h5-8,19H,4H2,1-3H3,(H2,20,21,22,23,25). The molecule has 0 bridgehead atoms. The molecule has 3 N–H and O–H groups in total. The molecule has 3 rings (SSSR count). The average molecular weight is 338 g/mol. The summed E-state index contributed by atoms with van der Waals surface area (Å²) in [7, 11) is 0. The number of rotatable bonds is 5. The minimum atomic E-state index is -0.390. The molecule has 8 heteroatoms. The first-order chi connectivity index (χ1) is 12.0. The van der Waals surface area contributed by atoms with Crippen LogP contribution in [0.25, 0.3) is 11.5 Å². The number of nitrogens with zero attached hydrogens (tertiary/aromatic N) is 3. The summed E-state index contributed by atoms with van der Waals surface area (Å²) in [6.07, 6.45) is 2.21. The number of aromatic amines is 2.